The van der Waals surface area contributed by atoms with Crippen LogP contribution in [-0.4, -0.2) is 48.2 Å². The van der Waals surface area contributed by atoms with E-state index in [1.165, 1.54) is 4.31 Å². The molecular formula is C16H27N3O4S. The molecule has 0 spiro atoms. The van der Waals surface area contributed by atoms with Gasteiger partial charge in [0.1, 0.15) is 4.90 Å². The molecule has 0 aliphatic carbocycles. The second kappa shape index (κ2) is 6.84. The van der Waals surface area contributed by atoms with Gasteiger partial charge in [-0.05, 0) is 19.8 Å². The highest BCUT2D eigenvalue weighted by atomic mass is 32.2. The number of carbonyl (C=O) groups is 1. The van der Waals surface area contributed by atoms with Crippen molar-refractivity contribution in [2.24, 2.45) is 13.0 Å². The summed E-state index contributed by atoms with van der Waals surface area (Å²) in [6.45, 7) is 8.61. The number of hydrogen-bond acceptors (Lipinski definition) is 5. The van der Waals surface area contributed by atoms with Gasteiger partial charge in [0.2, 0.25) is 10.0 Å². The predicted octanol–water partition coefficient (Wildman–Crippen LogP) is 1.68. The molecule has 0 amide bonds. The molecule has 2 heterocycles. The Morgan fingerprint density at radius 2 is 1.92 bits per heavy atom. The maximum absolute atomic E-state index is 13.0. The predicted molar refractivity (Wildman–Crippen MR) is 90.0 cm³/mol. The summed E-state index contributed by atoms with van der Waals surface area (Å²) in [6, 6.07) is 0. The lowest BCUT2D eigenvalue weighted by Crippen LogP contribution is -2.41. The van der Waals surface area contributed by atoms with Crippen LogP contribution in [0.25, 0.3) is 0 Å². The van der Waals surface area contributed by atoms with Crippen LogP contribution in [0, 0.1) is 5.92 Å². The maximum Gasteiger partial charge on any atom is 0.309 e. The van der Waals surface area contributed by atoms with Crippen molar-refractivity contribution in [1.82, 2.24) is 14.1 Å². The Hall–Kier alpha value is -1.41. The summed E-state index contributed by atoms with van der Waals surface area (Å²) in [5, 5.41) is 4.35. The Morgan fingerprint density at radius 3 is 2.42 bits per heavy atom. The molecule has 2 rings (SSSR count). The molecule has 7 nitrogen and oxygen atoms in total. The molecule has 8 heteroatoms. The number of hydrogen-bond donors (Lipinski definition) is 0. The fraction of sp³-hybridized carbons (Fsp3) is 0.750. The summed E-state index contributed by atoms with van der Waals surface area (Å²) >= 11 is 0. The van der Waals surface area contributed by atoms with Gasteiger partial charge in [0.05, 0.1) is 18.2 Å². The monoisotopic (exact) mass is 357 g/mol. The number of aromatic nitrogens is 2. The topological polar surface area (TPSA) is 81.5 Å². The van der Waals surface area contributed by atoms with Gasteiger partial charge in [0, 0.05) is 31.7 Å². The lowest BCUT2D eigenvalue weighted by Gasteiger charge is -2.30. The lowest BCUT2D eigenvalue weighted by atomic mass is 9.92. The normalized spacial score (nSPS) is 17.9. The van der Waals surface area contributed by atoms with E-state index in [9.17, 15) is 13.2 Å². The maximum atomic E-state index is 13.0. The van der Waals surface area contributed by atoms with Crippen molar-refractivity contribution in [3.63, 3.8) is 0 Å². The Balaban J connectivity index is 2.20. The molecule has 0 saturated carbocycles. The van der Waals surface area contributed by atoms with E-state index >= 15 is 0 Å². The first-order valence-corrected chi connectivity index (χ1v) is 9.72. The Bertz CT molecular complexity index is 695. The fourth-order valence-corrected chi connectivity index (χ4v) is 4.75. The molecule has 0 atom stereocenters. The first-order chi connectivity index (χ1) is 11.1. The average Bonchev–Trinajstić information content (AvgIpc) is 2.91. The quantitative estimate of drug-likeness (QED) is 0.766. The molecule has 136 valence electrons. The van der Waals surface area contributed by atoms with Gasteiger partial charge < -0.3 is 4.74 Å². The van der Waals surface area contributed by atoms with Crippen molar-refractivity contribution in [1.29, 1.82) is 0 Å². The van der Waals surface area contributed by atoms with Crippen molar-refractivity contribution in [2.75, 3.05) is 19.7 Å². The van der Waals surface area contributed by atoms with Gasteiger partial charge >= 0.3 is 5.97 Å². The largest absolute Gasteiger partial charge is 0.466 e. The minimum Gasteiger partial charge on any atom is -0.466 e. The minimum atomic E-state index is -3.62. The molecule has 1 aromatic heterocycles. The number of rotatable bonds is 4. The number of nitrogens with zero attached hydrogens (tertiary/aromatic N) is 3. The molecule has 1 aliphatic heterocycles. The fourth-order valence-electron chi connectivity index (χ4n) is 2.91. The van der Waals surface area contributed by atoms with Crippen LogP contribution in [0.4, 0.5) is 0 Å². The van der Waals surface area contributed by atoms with Crippen LogP contribution in [0.1, 0.15) is 46.2 Å². The number of sulfonamides is 1. The number of carbonyl (C=O) groups excluding carboxylic acids is 1. The second-order valence-electron chi connectivity index (χ2n) is 7.20. The van der Waals surface area contributed by atoms with E-state index in [2.05, 4.69) is 5.10 Å². The molecule has 1 fully saturated rings. The average molecular weight is 357 g/mol. The SMILES string of the molecule is CCOC(=O)C1CCN(S(=O)(=O)c2cn(C)nc2C(C)(C)C)CC1. The summed E-state index contributed by atoms with van der Waals surface area (Å²) in [5.74, 6) is -0.446. The van der Waals surface area contributed by atoms with Crippen molar-refractivity contribution in [2.45, 2.75) is 50.8 Å². The summed E-state index contributed by atoms with van der Waals surface area (Å²) in [7, 11) is -1.90. The summed E-state index contributed by atoms with van der Waals surface area (Å²) < 4.78 is 34.1. The van der Waals surface area contributed by atoms with Gasteiger partial charge in [-0.25, -0.2) is 8.42 Å². The third-order valence-corrected chi connectivity index (χ3v) is 6.10. The minimum absolute atomic E-state index is 0.215. The molecule has 24 heavy (non-hydrogen) atoms. The van der Waals surface area contributed by atoms with Gasteiger partial charge in [0.25, 0.3) is 0 Å². The smallest absolute Gasteiger partial charge is 0.309 e. The zero-order chi connectivity index (χ0) is 18.1. The highest BCUT2D eigenvalue weighted by Gasteiger charge is 2.37. The Kier molecular flexibility index (Phi) is 5.39. The summed E-state index contributed by atoms with van der Waals surface area (Å²) in [4.78, 5) is 12.1. The number of piperidine rings is 1. The van der Waals surface area contributed by atoms with E-state index in [0.29, 0.717) is 38.2 Å². The van der Waals surface area contributed by atoms with Gasteiger partial charge in [0.15, 0.2) is 0 Å². The Morgan fingerprint density at radius 1 is 1.33 bits per heavy atom. The molecule has 0 unspecified atom stereocenters. The van der Waals surface area contributed by atoms with Crippen LogP contribution in [0.15, 0.2) is 11.1 Å². The zero-order valence-electron chi connectivity index (χ0n) is 15.1. The summed E-state index contributed by atoms with van der Waals surface area (Å²) in [5.41, 5.74) is 0.199. The highest BCUT2D eigenvalue weighted by Crippen LogP contribution is 2.31. The number of ether oxygens (including phenoxy) is 1. The molecule has 0 N–H and O–H groups in total. The molecule has 1 aliphatic rings. The van der Waals surface area contributed by atoms with Crippen molar-refractivity contribution in [3.8, 4) is 0 Å². The van der Waals surface area contributed by atoms with E-state index in [1.54, 1.807) is 24.9 Å². The van der Waals surface area contributed by atoms with Gasteiger partial charge in [-0.15, -0.1) is 0 Å². The first kappa shape index (κ1) is 18.9. The van der Waals surface area contributed by atoms with Gasteiger partial charge in [-0.3, -0.25) is 9.48 Å². The first-order valence-electron chi connectivity index (χ1n) is 8.28. The van der Waals surface area contributed by atoms with E-state index in [4.69, 9.17) is 4.74 Å². The lowest BCUT2D eigenvalue weighted by molar-refractivity contribution is -0.149. The standard InChI is InChI=1S/C16H27N3O4S/c1-6-23-15(20)12-7-9-19(10-8-12)24(21,22)13-11-18(5)17-14(13)16(2,3)4/h11-12H,6-10H2,1-5H3. The molecular weight excluding hydrogens is 330 g/mol. The third-order valence-electron chi connectivity index (χ3n) is 4.20. The van der Waals surface area contributed by atoms with Crippen molar-refractivity contribution >= 4 is 16.0 Å². The van der Waals surface area contributed by atoms with Crippen LogP contribution in [-0.2, 0) is 32.0 Å². The van der Waals surface area contributed by atoms with E-state index in [1.807, 2.05) is 20.8 Å². The van der Waals surface area contributed by atoms with Crippen molar-refractivity contribution < 1.29 is 17.9 Å². The second-order valence-corrected chi connectivity index (χ2v) is 9.10. The van der Waals surface area contributed by atoms with Crippen LogP contribution in [0.5, 0.6) is 0 Å². The zero-order valence-corrected chi connectivity index (χ0v) is 15.9. The number of aryl methyl sites for hydroxylation is 1. The van der Waals surface area contributed by atoms with Crippen LogP contribution in [0.2, 0.25) is 0 Å². The number of esters is 1. The molecule has 1 saturated heterocycles. The molecule has 0 bridgehead atoms. The molecule has 0 radical (unpaired) electrons. The van der Waals surface area contributed by atoms with Gasteiger partial charge in [-0.1, -0.05) is 20.8 Å². The van der Waals surface area contributed by atoms with Gasteiger partial charge in [-0.2, -0.15) is 9.40 Å². The molecule has 1 aromatic rings. The highest BCUT2D eigenvalue weighted by molar-refractivity contribution is 7.89. The van der Waals surface area contributed by atoms with E-state index in [-0.39, 0.29) is 22.2 Å². The van der Waals surface area contributed by atoms with Crippen LogP contribution in [0.3, 0.4) is 0 Å². The Labute approximate surface area is 144 Å². The van der Waals surface area contributed by atoms with E-state index < -0.39 is 10.0 Å². The van der Waals surface area contributed by atoms with Crippen molar-refractivity contribution in [3.05, 3.63) is 11.9 Å². The summed E-state index contributed by atoms with van der Waals surface area (Å²) in [6.07, 6.45) is 2.54. The van der Waals surface area contributed by atoms with E-state index in [0.717, 1.165) is 0 Å². The molecule has 0 aromatic carbocycles. The van der Waals surface area contributed by atoms with Crippen LogP contribution >= 0.6 is 0 Å². The van der Waals surface area contributed by atoms with Crippen LogP contribution < -0.4 is 0 Å². The third kappa shape index (κ3) is 3.80.